The molecule has 0 aromatic heterocycles. The summed E-state index contributed by atoms with van der Waals surface area (Å²) in [5, 5.41) is 18.4. The van der Waals surface area contributed by atoms with Crippen molar-refractivity contribution in [3.8, 4) is 11.5 Å². The molecule has 0 heterocycles. The maximum atomic E-state index is 13.6. The molecule has 1 aromatic rings. The number of hydrogen-bond donors (Lipinski definition) is 3. The number of benzene rings is 1. The molecule has 18 heavy (non-hydrogen) atoms. The number of nitrogens with two attached hydrogens (primary N) is 1. The molecule has 0 bridgehead atoms. The van der Waals surface area contributed by atoms with E-state index in [0.29, 0.717) is 0 Å². The van der Waals surface area contributed by atoms with Crippen LogP contribution in [-0.2, 0) is 9.53 Å². The Bertz CT molecular complexity index is 396. The summed E-state index contributed by atoms with van der Waals surface area (Å²) in [5.74, 6) is -1.58. The highest BCUT2D eigenvalue weighted by Gasteiger charge is 2.28. The van der Waals surface area contributed by atoms with Crippen LogP contribution in [0.4, 0.5) is 4.39 Å². The quantitative estimate of drug-likeness (QED) is 0.725. The second-order valence-corrected chi connectivity index (χ2v) is 3.46. The first-order chi connectivity index (χ1) is 7.95. The molecule has 0 aliphatic carbocycles. The molecule has 1 aromatic carbocycles. The third-order valence-electron chi connectivity index (χ3n) is 2.14. The maximum Gasteiger partial charge on any atom is 0.342 e. The Morgan fingerprint density at radius 1 is 1.39 bits per heavy atom. The van der Waals surface area contributed by atoms with Crippen molar-refractivity contribution < 1.29 is 24.1 Å². The summed E-state index contributed by atoms with van der Waals surface area (Å²) < 4.78 is 18.1. The van der Waals surface area contributed by atoms with Crippen LogP contribution in [0.2, 0.25) is 0 Å². The fourth-order valence-corrected chi connectivity index (χ4v) is 1.35. The fraction of sp³-hybridized carbons (Fsp3) is 0.364. The summed E-state index contributed by atoms with van der Waals surface area (Å²) in [6.07, 6.45) is -2.05. The van der Waals surface area contributed by atoms with Crippen LogP contribution in [0.5, 0.6) is 11.5 Å². The van der Waals surface area contributed by atoms with Gasteiger partial charge in [-0.15, -0.1) is 12.4 Å². The monoisotopic (exact) mass is 279 g/mol. The minimum Gasteiger partial charge on any atom is -0.508 e. The van der Waals surface area contributed by atoms with Gasteiger partial charge in [0.05, 0.1) is 12.6 Å². The number of carbonyl (C=O) groups is 1. The highest BCUT2D eigenvalue weighted by molar-refractivity contribution is 5.85. The van der Waals surface area contributed by atoms with Gasteiger partial charge in [-0.3, -0.25) is 0 Å². The van der Waals surface area contributed by atoms with Crippen molar-refractivity contribution in [1.29, 1.82) is 0 Å². The molecule has 0 aliphatic heterocycles. The third-order valence-corrected chi connectivity index (χ3v) is 2.14. The topological polar surface area (TPSA) is 92.8 Å². The second-order valence-electron chi connectivity index (χ2n) is 3.46. The summed E-state index contributed by atoms with van der Waals surface area (Å²) in [5.41, 5.74) is 5.62. The lowest BCUT2D eigenvalue weighted by Gasteiger charge is -2.16. The van der Waals surface area contributed by atoms with Gasteiger partial charge in [0.1, 0.15) is 11.5 Å². The lowest BCUT2D eigenvalue weighted by molar-refractivity contribution is -0.149. The summed E-state index contributed by atoms with van der Waals surface area (Å²) in [4.78, 5) is 11.1. The Kier molecular flexibility index (Phi) is 6.43. The van der Waals surface area contributed by atoms with E-state index in [1.54, 1.807) is 6.92 Å². The van der Waals surface area contributed by atoms with Gasteiger partial charge in [0.2, 0.25) is 6.17 Å². The number of carbonyl (C=O) groups excluding carboxylic acids is 1. The van der Waals surface area contributed by atoms with Crippen molar-refractivity contribution in [3.63, 3.8) is 0 Å². The fourth-order valence-electron chi connectivity index (χ4n) is 1.35. The number of phenols is 2. The predicted molar refractivity (Wildman–Crippen MR) is 65.5 cm³/mol. The molecule has 0 saturated heterocycles. The van der Waals surface area contributed by atoms with Crippen LogP contribution in [0, 0.1) is 0 Å². The van der Waals surface area contributed by atoms with Crippen molar-refractivity contribution in [1.82, 2.24) is 0 Å². The van der Waals surface area contributed by atoms with Gasteiger partial charge >= 0.3 is 5.97 Å². The van der Waals surface area contributed by atoms with Crippen LogP contribution in [0.1, 0.15) is 18.5 Å². The number of hydrogen-bond acceptors (Lipinski definition) is 5. The molecule has 1 rings (SSSR count). The predicted octanol–water partition coefficient (Wildman–Crippen LogP) is 1.42. The van der Waals surface area contributed by atoms with Crippen LogP contribution in [0.15, 0.2) is 18.2 Å². The summed E-state index contributed by atoms with van der Waals surface area (Å²) in [6, 6.07) is 2.13. The smallest absolute Gasteiger partial charge is 0.342 e. The molecule has 5 nitrogen and oxygen atoms in total. The SMILES string of the molecule is CCOC(=O)C(F)[C@@H](N)c1cc(O)cc(O)c1.Cl. The van der Waals surface area contributed by atoms with E-state index in [0.717, 1.165) is 6.07 Å². The average molecular weight is 280 g/mol. The zero-order valence-electron chi connectivity index (χ0n) is 9.67. The van der Waals surface area contributed by atoms with Gasteiger partial charge in [0, 0.05) is 6.07 Å². The van der Waals surface area contributed by atoms with Crippen LogP contribution >= 0.6 is 12.4 Å². The minimum absolute atomic E-state index is 0. The number of rotatable bonds is 4. The maximum absolute atomic E-state index is 13.6. The van der Waals surface area contributed by atoms with Crippen molar-refractivity contribution in [2.75, 3.05) is 6.61 Å². The first-order valence-corrected chi connectivity index (χ1v) is 5.05. The standard InChI is InChI=1S/C11H14FNO4.ClH/c1-2-17-11(16)9(12)10(13)6-3-7(14)5-8(15)4-6;/h3-5,9-10,14-15H,2,13H2,1H3;1H/t9?,10-;/m0./s1. The molecule has 0 spiro atoms. The molecule has 0 fully saturated rings. The molecule has 1 unspecified atom stereocenters. The van der Waals surface area contributed by atoms with Gasteiger partial charge in [-0.25, -0.2) is 9.18 Å². The molecular weight excluding hydrogens is 265 g/mol. The molecule has 4 N–H and O–H groups in total. The number of alkyl halides is 1. The highest BCUT2D eigenvalue weighted by atomic mass is 35.5. The Balaban J connectivity index is 0.00000289. The molecular formula is C11H15ClFNO4. The van der Waals surface area contributed by atoms with Crippen LogP contribution in [0.25, 0.3) is 0 Å². The number of ether oxygens (including phenoxy) is 1. The van der Waals surface area contributed by atoms with Crippen molar-refractivity contribution in [3.05, 3.63) is 23.8 Å². The lowest BCUT2D eigenvalue weighted by Crippen LogP contribution is -2.31. The van der Waals surface area contributed by atoms with Crippen LogP contribution in [0.3, 0.4) is 0 Å². The zero-order chi connectivity index (χ0) is 13.0. The van der Waals surface area contributed by atoms with Gasteiger partial charge in [-0.2, -0.15) is 0 Å². The summed E-state index contributed by atoms with van der Waals surface area (Å²) in [6.45, 7) is 1.60. The van der Waals surface area contributed by atoms with E-state index in [-0.39, 0.29) is 36.1 Å². The second kappa shape index (κ2) is 7.03. The zero-order valence-corrected chi connectivity index (χ0v) is 10.5. The van der Waals surface area contributed by atoms with E-state index < -0.39 is 18.2 Å². The van der Waals surface area contributed by atoms with E-state index in [1.807, 2.05) is 0 Å². The lowest BCUT2D eigenvalue weighted by atomic mass is 10.0. The normalized spacial score (nSPS) is 13.3. The minimum atomic E-state index is -2.05. The number of aromatic hydroxyl groups is 2. The van der Waals surface area contributed by atoms with Gasteiger partial charge in [-0.05, 0) is 24.6 Å². The number of halogens is 2. The number of esters is 1. The average Bonchev–Trinajstić information content (AvgIpc) is 2.26. The summed E-state index contributed by atoms with van der Waals surface area (Å²) in [7, 11) is 0. The highest BCUT2D eigenvalue weighted by Crippen LogP contribution is 2.26. The Labute approximate surface area is 110 Å². The van der Waals surface area contributed by atoms with E-state index in [9.17, 15) is 19.4 Å². The molecule has 0 radical (unpaired) electrons. The van der Waals surface area contributed by atoms with Crippen LogP contribution in [-0.4, -0.2) is 29.0 Å². The van der Waals surface area contributed by atoms with Crippen molar-refractivity contribution >= 4 is 18.4 Å². The van der Waals surface area contributed by atoms with E-state index >= 15 is 0 Å². The Hall–Kier alpha value is -1.53. The first-order valence-electron chi connectivity index (χ1n) is 5.05. The summed E-state index contributed by atoms with van der Waals surface area (Å²) >= 11 is 0. The molecule has 7 heteroatoms. The third kappa shape index (κ3) is 4.05. The van der Waals surface area contributed by atoms with E-state index in [2.05, 4.69) is 4.74 Å². The van der Waals surface area contributed by atoms with Gasteiger partial charge in [-0.1, -0.05) is 0 Å². The van der Waals surface area contributed by atoms with Crippen LogP contribution < -0.4 is 5.73 Å². The van der Waals surface area contributed by atoms with Crippen molar-refractivity contribution in [2.45, 2.75) is 19.1 Å². The van der Waals surface area contributed by atoms with Gasteiger partial charge in [0.15, 0.2) is 0 Å². The molecule has 0 aliphatic rings. The largest absolute Gasteiger partial charge is 0.508 e. The number of phenolic OH excluding ortho intramolecular Hbond substituents is 2. The van der Waals surface area contributed by atoms with Gasteiger partial charge in [0.25, 0.3) is 0 Å². The Morgan fingerprint density at radius 2 is 1.89 bits per heavy atom. The molecule has 2 atom stereocenters. The molecule has 0 saturated carbocycles. The van der Waals surface area contributed by atoms with Gasteiger partial charge < -0.3 is 20.7 Å². The molecule has 102 valence electrons. The Morgan fingerprint density at radius 3 is 2.33 bits per heavy atom. The van der Waals surface area contributed by atoms with Crippen molar-refractivity contribution in [2.24, 2.45) is 5.73 Å². The molecule has 0 amide bonds. The van der Waals surface area contributed by atoms with E-state index in [1.165, 1.54) is 12.1 Å². The van der Waals surface area contributed by atoms with E-state index in [4.69, 9.17) is 5.73 Å². The first kappa shape index (κ1) is 16.5.